The van der Waals surface area contributed by atoms with Crippen molar-refractivity contribution in [3.8, 4) is 32.3 Å². The first-order valence-corrected chi connectivity index (χ1v) is 11.3. The molecule has 0 fully saturated rings. The third kappa shape index (κ3) is 5.22. The summed E-state index contributed by atoms with van der Waals surface area (Å²) >= 11 is 1.59. The quantitative estimate of drug-likeness (QED) is 0.272. The van der Waals surface area contributed by atoms with Crippen LogP contribution in [0.2, 0.25) is 0 Å². The van der Waals surface area contributed by atoms with Crippen LogP contribution in [0.3, 0.4) is 0 Å². The molecular weight excluding hydrogens is 448 g/mol. The van der Waals surface area contributed by atoms with Crippen LogP contribution in [0.5, 0.6) is 0 Å². The van der Waals surface area contributed by atoms with E-state index in [-0.39, 0.29) is 5.70 Å². The van der Waals surface area contributed by atoms with Crippen LogP contribution >= 0.6 is 11.3 Å². The van der Waals surface area contributed by atoms with Gasteiger partial charge in [-0.15, -0.1) is 11.3 Å². The van der Waals surface area contributed by atoms with Crippen LogP contribution in [-0.2, 0) is 19.1 Å². The number of nitrogens with zero attached hydrogens (tertiary/aromatic N) is 1. The Morgan fingerprint density at radius 1 is 0.824 bits per heavy atom. The first-order valence-electron chi connectivity index (χ1n) is 10.5. The predicted octanol–water partition coefficient (Wildman–Crippen LogP) is 5.79. The summed E-state index contributed by atoms with van der Waals surface area (Å²) in [6.07, 6.45) is 1.06. The first kappa shape index (κ1) is 22.9. The van der Waals surface area contributed by atoms with E-state index in [2.05, 4.69) is 22.2 Å². The van der Waals surface area contributed by atoms with Gasteiger partial charge < -0.3 is 14.8 Å². The molecule has 6 nitrogen and oxygen atoms in total. The molecule has 0 spiro atoms. The van der Waals surface area contributed by atoms with Gasteiger partial charge in [-0.25, -0.2) is 14.6 Å². The van der Waals surface area contributed by atoms with Gasteiger partial charge in [0.15, 0.2) is 0 Å². The van der Waals surface area contributed by atoms with E-state index >= 15 is 0 Å². The maximum atomic E-state index is 12.1. The van der Waals surface area contributed by atoms with Gasteiger partial charge in [0, 0.05) is 16.8 Å². The molecule has 0 aliphatic carbocycles. The number of nitrogens with one attached hydrogen (secondary N) is 1. The van der Waals surface area contributed by atoms with Gasteiger partial charge in [-0.2, -0.15) is 0 Å². The van der Waals surface area contributed by atoms with Gasteiger partial charge >= 0.3 is 11.9 Å². The number of esters is 2. The molecule has 1 aromatic heterocycles. The Morgan fingerprint density at radius 3 is 2.12 bits per heavy atom. The number of anilines is 1. The van der Waals surface area contributed by atoms with Crippen molar-refractivity contribution < 1.29 is 19.1 Å². The summed E-state index contributed by atoms with van der Waals surface area (Å²) in [6.45, 7) is 0. The summed E-state index contributed by atoms with van der Waals surface area (Å²) in [4.78, 5) is 29.8. The third-order valence-corrected chi connectivity index (χ3v) is 6.12. The average molecular weight is 471 g/mol. The molecule has 0 unspecified atom stereocenters. The summed E-state index contributed by atoms with van der Waals surface area (Å²) in [6, 6.07) is 27.7. The molecule has 34 heavy (non-hydrogen) atoms. The zero-order valence-electron chi connectivity index (χ0n) is 18.6. The van der Waals surface area contributed by atoms with Crippen LogP contribution in [0.15, 0.2) is 96.7 Å². The van der Waals surface area contributed by atoms with Crippen molar-refractivity contribution in [1.29, 1.82) is 0 Å². The monoisotopic (exact) mass is 470 g/mol. The number of methoxy groups -OCH3 is 2. The number of ether oxygens (including phenoxy) is 2. The second-order valence-electron chi connectivity index (χ2n) is 7.21. The SMILES string of the molecule is COC(=O)/C=C(/Nc1cccc(-c2nc(-c3ccccc3)c(-c3ccccc3)s2)c1)C(=O)OC. The lowest BCUT2D eigenvalue weighted by molar-refractivity contribution is -0.138. The van der Waals surface area contributed by atoms with Gasteiger partial charge in [0.1, 0.15) is 10.7 Å². The number of carbonyl (C=O) groups excluding carboxylic acids is 2. The highest BCUT2D eigenvalue weighted by molar-refractivity contribution is 7.19. The molecule has 0 amide bonds. The maximum absolute atomic E-state index is 12.1. The fourth-order valence-electron chi connectivity index (χ4n) is 3.34. The number of carbonyl (C=O) groups is 2. The Labute approximate surface area is 201 Å². The number of thiazole rings is 1. The minimum atomic E-state index is -0.678. The number of aromatic nitrogens is 1. The van der Waals surface area contributed by atoms with E-state index < -0.39 is 11.9 Å². The molecule has 0 aliphatic rings. The summed E-state index contributed by atoms with van der Waals surface area (Å²) in [7, 11) is 2.49. The van der Waals surface area contributed by atoms with Crippen LogP contribution in [0.25, 0.3) is 32.3 Å². The molecule has 0 atom stereocenters. The van der Waals surface area contributed by atoms with Gasteiger partial charge in [0.05, 0.1) is 30.9 Å². The molecule has 1 heterocycles. The van der Waals surface area contributed by atoms with Gasteiger partial charge in [0.25, 0.3) is 0 Å². The fourth-order valence-corrected chi connectivity index (χ4v) is 4.43. The van der Waals surface area contributed by atoms with Crippen LogP contribution in [0.4, 0.5) is 5.69 Å². The molecule has 0 saturated carbocycles. The molecule has 4 aromatic rings. The zero-order chi connectivity index (χ0) is 23.9. The van der Waals surface area contributed by atoms with Gasteiger partial charge in [-0.1, -0.05) is 72.8 Å². The second-order valence-corrected chi connectivity index (χ2v) is 8.21. The lowest BCUT2D eigenvalue weighted by Crippen LogP contribution is -2.15. The Kier molecular flexibility index (Phi) is 7.15. The van der Waals surface area contributed by atoms with Gasteiger partial charge in [-0.05, 0) is 17.7 Å². The molecule has 0 bridgehead atoms. The van der Waals surface area contributed by atoms with E-state index in [0.29, 0.717) is 5.69 Å². The first-order chi connectivity index (χ1) is 16.6. The topological polar surface area (TPSA) is 77.5 Å². The van der Waals surface area contributed by atoms with E-state index in [0.717, 1.165) is 38.3 Å². The molecular formula is C27H22N2O4S. The third-order valence-electron chi connectivity index (χ3n) is 4.97. The summed E-state index contributed by atoms with van der Waals surface area (Å²) in [5.41, 5.74) is 4.49. The normalized spacial score (nSPS) is 11.1. The summed E-state index contributed by atoms with van der Waals surface area (Å²) in [5, 5.41) is 3.78. The molecule has 3 aromatic carbocycles. The number of hydrogen-bond donors (Lipinski definition) is 1. The van der Waals surface area contributed by atoms with Gasteiger partial charge in [0.2, 0.25) is 0 Å². The van der Waals surface area contributed by atoms with Crippen molar-refractivity contribution in [3.63, 3.8) is 0 Å². The molecule has 0 aliphatic heterocycles. The van der Waals surface area contributed by atoms with Crippen molar-refractivity contribution >= 4 is 29.0 Å². The Morgan fingerprint density at radius 2 is 1.47 bits per heavy atom. The average Bonchev–Trinajstić information content (AvgIpc) is 3.34. The number of hydrogen-bond acceptors (Lipinski definition) is 7. The largest absolute Gasteiger partial charge is 0.466 e. The maximum Gasteiger partial charge on any atom is 0.354 e. The minimum absolute atomic E-state index is 0.0272. The second kappa shape index (κ2) is 10.6. The molecule has 170 valence electrons. The highest BCUT2D eigenvalue weighted by atomic mass is 32.1. The van der Waals surface area contributed by atoms with Crippen LogP contribution in [0.1, 0.15) is 0 Å². The molecule has 7 heteroatoms. The zero-order valence-corrected chi connectivity index (χ0v) is 19.5. The van der Waals surface area contributed by atoms with Crippen LogP contribution in [0, 0.1) is 0 Å². The van der Waals surface area contributed by atoms with Crippen molar-refractivity contribution in [2.75, 3.05) is 19.5 Å². The fraction of sp³-hybridized carbons (Fsp3) is 0.0741. The van der Waals surface area contributed by atoms with E-state index in [4.69, 9.17) is 9.72 Å². The van der Waals surface area contributed by atoms with E-state index in [9.17, 15) is 9.59 Å². The lowest BCUT2D eigenvalue weighted by Gasteiger charge is -2.10. The molecule has 0 saturated heterocycles. The summed E-state index contributed by atoms with van der Waals surface area (Å²) < 4.78 is 9.41. The minimum Gasteiger partial charge on any atom is -0.466 e. The Bertz CT molecular complexity index is 1270. The number of rotatable bonds is 7. The lowest BCUT2D eigenvalue weighted by atomic mass is 10.1. The van der Waals surface area contributed by atoms with Crippen molar-refractivity contribution in [3.05, 3.63) is 96.7 Å². The highest BCUT2D eigenvalue weighted by Crippen LogP contribution is 2.40. The Balaban J connectivity index is 1.74. The van der Waals surface area contributed by atoms with Crippen LogP contribution < -0.4 is 5.32 Å². The molecule has 0 radical (unpaired) electrons. The van der Waals surface area contributed by atoms with Crippen LogP contribution in [-0.4, -0.2) is 31.1 Å². The van der Waals surface area contributed by atoms with Crippen molar-refractivity contribution in [1.82, 2.24) is 4.98 Å². The summed E-state index contributed by atoms with van der Waals surface area (Å²) in [5.74, 6) is -1.34. The smallest absolute Gasteiger partial charge is 0.354 e. The van der Waals surface area contributed by atoms with Crippen molar-refractivity contribution in [2.24, 2.45) is 0 Å². The van der Waals surface area contributed by atoms with E-state index in [1.54, 1.807) is 17.4 Å². The standard InChI is InChI=1S/C27H22N2O4S/c1-32-23(30)17-22(27(31)33-2)28-21-15-9-14-20(16-21)26-29-24(18-10-5-3-6-11-18)25(34-26)19-12-7-4-8-13-19/h3-17,28H,1-2H3/b22-17+. The predicted molar refractivity (Wildman–Crippen MR) is 134 cm³/mol. The van der Waals surface area contributed by atoms with E-state index in [1.165, 1.54) is 14.2 Å². The van der Waals surface area contributed by atoms with Gasteiger partial charge in [-0.3, -0.25) is 0 Å². The Hall–Kier alpha value is -4.23. The van der Waals surface area contributed by atoms with Crippen molar-refractivity contribution in [2.45, 2.75) is 0 Å². The molecule has 4 rings (SSSR count). The van der Waals surface area contributed by atoms with E-state index in [1.807, 2.05) is 66.7 Å². The highest BCUT2D eigenvalue weighted by Gasteiger charge is 2.17. The molecule has 1 N–H and O–H groups in total. The number of benzene rings is 3.